The van der Waals surface area contributed by atoms with Crippen molar-refractivity contribution in [2.24, 2.45) is 0 Å². The van der Waals surface area contributed by atoms with E-state index in [-0.39, 0.29) is 17.3 Å². The second-order valence-electron chi connectivity index (χ2n) is 7.51. The SMILES string of the molecule is CCC(=O)N1CCN(S(=O)(=O)c2ccc(C)cc2)[C@@H]1c1ccc(N(CC)CC)cc1. The molecule has 1 heterocycles. The number of carbonyl (C=O) groups excluding carboxylic acids is 1. The molecule has 162 valence electrons. The highest BCUT2D eigenvalue weighted by molar-refractivity contribution is 7.89. The average Bonchev–Trinajstić information content (AvgIpc) is 3.21. The van der Waals surface area contributed by atoms with E-state index in [9.17, 15) is 13.2 Å². The Balaban J connectivity index is 2.01. The van der Waals surface area contributed by atoms with Crippen LogP contribution >= 0.6 is 0 Å². The first-order chi connectivity index (χ1) is 14.3. The van der Waals surface area contributed by atoms with Crippen LogP contribution in [-0.2, 0) is 14.8 Å². The van der Waals surface area contributed by atoms with Crippen LogP contribution in [0.25, 0.3) is 0 Å². The Hall–Kier alpha value is -2.38. The first-order valence-electron chi connectivity index (χ1n) is 10.6. The molecule has 3 rings (SSSR count). The zero-order valence-corrected chi connectivity index (χ0v) is 19.0. The fourth-order valence-corrected chi connectivity index (χ4v) is 5.53. The molecule has 0 N–H and O–H groups in total. The number of sulfonamides is 1. The van der Waals surface area contributed by atoms with E-state index in [4.69, 9.17) is 0 Å². The summed E-state index contributed by atoms with van der Waals surface area (Å²) in [7, 11) is -3.73. The lowest BCUT2D eigenvalue weighted by Gasteiger charge is -2.30. The molecular weight excluding hydrogens is 398 g/mol. The summed E-state index contributed by atoms with van der Waals surface area (Å²) in [5.74, 6) is -0.0468. The van der Waals surface area contributed by atoms with Gasteiger partial charge in [-0.1, -0.05) is 36.8 Å². The van der Waals surface area contributed by atoms with E-state index >= 15 is 0 Å². The number of aryl methyl sites for hydroxylation is 1. The van der Waals surface area contributed by atoms with E-state index in [0.717, 1.165) is 29.9 Å². The maximum atomic E-state index is 13.4. The van der Waals surface area contributed by atoms with Crippen LogP contribution in [0, 0.1) is 6.92 Å². The molecule has 0 aliphatic carbocycles. The van der Waals surface area contributed by atoms with Gasteiger partial charge in [0.05, 0.1) is 4.90 Å². The van der Waals surface area contributed by atoms with E-state index in [0.29, 0.717) is 13.0 Å². The van der Waals surface area contributed by atoms with Gasteiger partial charge in [0.25, 0.3) is 0 Å². The molecule has 6 nitrogen and oxygen atoms in total. The molecule has 0 saturated carbocycles. The van der Waals surface area contributed by atoms with Crippen molar-refractivity contribution in [3.05, 3.63) is 59.7 Å². The summed E-state index contributed by atoms with van der Waals surface area (Å²) in [6.07, 6.45) is -0.290. The van der Waals surface area contributed by atoms with Gasteiger partial charge in [-0.05, 0) is 50.6 Å². The molecule has 0 bridgehead atoms. The molecule has 7 heteroatoms. The van der Waals surface area contributed by atoms with E-state index < -0.39 is 16.2 Å². The molecule has 1 amide bonds. The van der Waals surface area contributed by atoms with Crippen molar-refractivity contribution in [3.63, 3.8) is 0 Å². The van der Waals surface area contributed by atoms with Crippen LogP contribution in [0.5, 0.6) is 0 Å². The van der Waals surface area contributed by atoms with Crippen LogP contribution in [0.3, 0.4) is 0 Å². The number of benzene rings is 2. The summed E-state index contributed by atoms with van der Waals surface area (Å²) in [5, 5.41) is 0. The average molecular weight is 430 g/mol. The molecular formula is C23H31N3O3S. The lowest BCUT2D eigenvalue weighted by molar-refractivity contribution is -0.132. The normalized spacial score (nSPS) is 17.3. The number of anilines is 1. The third kappa shape index (κ3) is 4.23. The Morgan fingerprint density at radius 2 is 1.57 bits per heavy atom. The number of rotatable bonds is 7. The van der Waals surface area contributed by atoms with Crippen molar-refractivity contribution >= 4 is 21.6 Å². The summed E-state index contributed by atoms with van der Waals surface area (Å²) in [6, 6.07) is 14.8. The van der Waals surface area contributed by atoms with Gasteiger partial charge in [-0.2, -0.15) is 4.31 Å². The molecule has 2 aromatic rings. The molecule has 1 atom stereocenters. The standard InChI is InChI=1S/C23H31N3O3S/c1-5-22(27)25-16-17-26(30(28,29)21-14-8-18(4)9-15-21)23(25)19-10-12-20(13-11-19)24(6-2)7-3/h8-15,23H,5-7,16-17H2,1-4H3/t23-/m1/s1. The highest BCUT2D eigenvalue weighted by atomic mass is 32.2. The van der Waals surface area contributed by atoms with Crippen LogP contribution < -0.4 is 4.90 Å². The van der Waals surface area contributed by atoms with Gasteiger partial charge in [-0.25, -0.2) is 8.42 Å². The predicted octanol–water partition coefficient (Wildman–Crippen LogP) is 3.78. The van der Waals surface area contributed by atoms with Gasteiger partial charge in [-0.15, -0.1) is 0 Å². The number of hydrogen-bond acceptors (Lipinski definition) is 4. The van der Waals surface area contributed by atoms with Crippen molar-refractivity contribution in [3.8, 4) is 0 Å². The van der Waals surface area contributed by atoms with Gasteiger partial charge in [-0.3, -0.25) is 4.79 Å². The van der Waals surface area contributed by atoms with E-state index in [2.05, 4.69) is 18.7 Å². The second-order valence-corrected chi connectivity index (χ2v) is 9.40. The van der Waals surface area contributed by atoms with Crippen LogP contribution in [-0.4, -0.2) is 49.7 Å². The smallest absolute Gasteiger partial charge is 0.245 e. The number of amides is 1. The molecule has 30 heavy (non-hydrogen) atoms. The lowest BCUT2D eigenvalue weighted by atomic mass is 10.1. The minimum absolute atomic E-state index is 0.0468. The van der Waals surface area contributed by atoms with Gasteiger partial charge in [0.1, 0.15) is 6.17 Å². The van der Waals surface area contributed by atoms with Gasteiger partial charge < -0.3 is 9.80 Å². The minimum atomic E-state index is -3.73. The van der Waals surface area contributed by atoms with E-state index in [1.54, 1.807) is 36.1 Å². The summed E-state index contributed by atoms with van der Waals surface area (Å²) in [5.41, 5.74) is 2.89. The summed E-state index contributed by atoms with van der Waals surface area (Å²) in [4.78, 5) is 16.8. The van der Waals surface area contributed by atoms with Crippen LogP contribution in [0.15, 0.2) is 53.4 Å². The highest BCUT2D eigenvalue weighted by Crippen LogP contribution is 2.36. The maximum Gasteiger partial charge on any atom is 0.245 e. The second kappa shape index (κ2) is 9.18. The largest absolute Gasteiger partial charge is 0.372 e. The van der Waals surface area contributed by atoms with Crippen LogP contribution in [0.1, 0.15) is 44.5 Å². The van der Waals surface area contributed by atoms with Crippen LogP contribution in [0.4, 0.5) is 5.69 Å². The Labute approximate surface area is 180 Å². The summed E-state index contributed by atoms with van der Waals surface area (Å²) < 4.78 is 28.3. The molecule has 0 aromatic heterocycles. The predicted molar refractivity (Wildman–Crippen MR) is 120 cm³/mol. The fourth-order valence-electron chi connectivity index (χ4n) is 3.96. The van der Waals surface area contributed by atoms with Crippen molar-refractivity contribution < 1.29 is 13.2 Å². The lowest BCUT2D eigenvalue weighted by Crippen LogP contribution is -2.37. The molecule has 1 fully saturated rings. The molecule has 1 aliphatic rings. The first-order valence-corrected chi connectivity index (χ1v) is 12.0. The van der Waals surface area contributed by atoms with E-state index in [1.807, 2.05) is 31.2 Å². The Morgan fingerprint density at radius 3 is 2.10 bits per heavy atom. The van der Waals surface area contributed by atoms with Crippen molar-refractivity contribution in [2.45, 2.75) is 45.2 Å². The Morgan fingerprint density at radius 1 is 0.967 bits per heavy atom. The fraction of sp³-hybridized carbons (Fsp3) is 0.435. The number of hydrogen-bond donors (Lipinski definition) is 0. The Bertz CT molecular complexity index is 968. The van der Waals surface area contributed by atoms with Gasteiger partial charge in [0.15, 0.2) is 0 Å². The number of nitrogens with zero attached hydrogens (tertiary/aromatic N) is 3. The van der Waals surface area contributed by atoms with Gasteiger partial charge in [0.2, 0.25) is 15.9 Å². The highest BCUT2D eigenvalue weighted by Gasteiger charge is 2.42. The zero-order chi connectivity index (χ0) is 21.9. The summed E-state index contributed by atoms with van der Waals surface area (Å²) in [6.45, 7) is 10.4. The van der Waals surface area contributed by atoms with Gasteiger partial charge in [0, 0.05) is 38.3 Å². The van der Waals surface area contributed by atoms with Crippen molar-refractivity contribution in [2.75, 3.05) is 31.1 Å². The Kier molecular flexibility index (Phi) is 6.83. The van der Waals surface area contributed by atoms with Crippen molar-refractivity contribution in [1.29, 1.82) is 0 Å². The van der Waals surface area contributed by atoms with Crippen molar-refractivity contribution in [1.82, 2.24) is 9.21 Å². The molecule has 0 spiro atoms. The number of carbonyl (C=O) groups is 1. The molecule has 1 aliphatic heterocycles. The van der Waals surface area contributed by atoms with Crippen LogP contribution in [0.2, 0.25) is 0 Å². The molecule has 0 radical (unpaired) electrons. The first kappa shape index (κ1) is 22.3. The molecule has 0 unspecified atom stereocenters. The monoisotopic (exact) mass is 429 g/mol. The quantitative estimate of drug-likeness (QED) is 0.672. The third-order valence-corrected chi connectivity index (χ3v) is 7.57. The minimum Gasteiger partial charge on any atom is -0.372 e. The van der Waals surface area contributed by atoms with Gasteiger partial charge >= 0.3 is 0 Å². The topological polar surface area (TPSA) is 60.9 Å². The maximum absolute atomic E-state index is 13.4. The molecule has 1 saturated heterocycles. The zero-order valence-electron chi connectivity index (χ0n) is 18.2. The molecule has 2 aromatic carbocycles. The van der Waals surface area contributed by atoms with E-state index in [1.165, 1.54) is 4.31 Å². The summed E-state index contributed by atoms with van der Waals surface area (Å²) >= 11 is 0. The third-order valence-electron chi connectivity index (χ3n) is 5.70.